The van der Waals surface area contributed by atoms with Crippen LogP contribution in [0.1, 0.15) is 58.3 Å². The van der Waals surface area contributed by atoms with Crippen LogP contribution in [0.4, 0.5) is 13.2 Å². The molecule has 15 heteroatoms. The van der Waals surface area contributed by atoms with Crippen LogP contribution in [0.5, 0.6) is 5.75 Å². The van der Waals surface area contributed by atoms with E-state index >= 15 is 0 Å². The zero-order valence-electron chi connectivity index (χ0n) is 24.0. The highest BCUT2D eigenvalue weighted by Crippen LogP contribution is 2.36. The fourth-order valence-electron chi connectivity index (χ4n) is 5.49. The molecule has 0 bridgehead atoms. The standard InChI is InChI=1S/C29H28BrF3N8O3/c1-14-6-16(3)41(38-14)28-37-24-13-39(25(42)17-4-5-23(30)22(8-17)29(31,32)33)15(2)7-21(24)26(43)40(28)27-35-11-20(12-36-27)44-19-9-18(34)10-19/h4-6,8,11-12,15,18-19H,7,9-10,13,34H2,1-3H3/t15?,18-,19+. The first-order valence-electron chi connectivity index (χ1n) is 13.9. The van der Waals surface area contributed by atoms with Gasteiger partial charge in [0.15, 0.2) is 5.75 Å². The van der Waals surface area contributed by atoms with Gasteiger partial charge in [0.2, 0.25) is 11.9 Å². The molecule has 0 spiro atoms. The van der Waals surface area contributed by atoms with Crippen molar-refractivity contribution < 1.29 is 22.7 Å². The van der Waals surface area contributed by atoms with Crippen molar-refractivity contribution in [3.63, 3.8) is 0 Å². The first-order chi connectivity index (χ1) is 20.8. The van der Waals surface area contributed by atoms with Gasteiger partial charge in [-0.15, -0.1) is 0 Å². The van der Waals surface area contributed by atoms with Crippen molar-refractivity contribution in [2.24, 2.45) is 5.73 Å². The van der Waals surface area contributed by atoms with Gasteiger partial charge in [-0.3, -0.25) is 9.59 Å². The maximum atomic E-state index is 14.1. The molecule has 1 unspecified atom stereocenters. The highest BCUT2D eigenvalue weighted by atomic mass is 79.9. The molecule has 3 aromatic heterocycles. The normalized spacial score (nSPS) is 19.8. The van der Waals surface area contributed by atoms with Crippen molar-refractivity contribution >= 4 is 21.8 Å². The van der Waals surface area contributed by atoms with Crippen molar-refractivity contribution in [1.29, 1.82) is 0 Å². The SMILES string of the molecule is Cc1cc(C)n(-c2nc3c(c(=O)n2-c2ncc(O[C@H]4C[C@@H](N)C4)cn2)CC(C)N(C(=O)c2ccc(Br)c(C(F)(F)F)c2)C3)n1. The summed E-state index contributed by atoms with van der Waals surface area (Å²) in [6.07, 6.45) is -0.0902. The van der Waals surface area contributed by atoms with Gasteiger partial charge in [-0.25, -0.2) is 24.2 Å². The Morgan fingerprint density at radius 3 is 2.45 bits per heavy atom. The lowest BCUT2D eigenvalue weighted by Gasteiger charge is -2.34. The third kappa shape index (κ3) is 5.49. The van der Waals surface area contributed by atoms with Crippen LogP contribution in [0, 0.1) is 13.8 Å². The second kappa shape index (κ2) is 11.1. The number of hydrogen-bond acceptors (Lipinski definition) is 8. The minimum absolute atomic E-state index is 0.0116. The summed E-state index contributed by atoms with van der Waals surface area (Å²) in [5.41, 5.74) is 6.38. The molecule has 0 saturated heterocycles. The smallest absolute Gasteiger partial charge is 0.417 e. The van der Waals surface area contributed by atoms with Crippen molar-refractivity contribution in [1.82, 2.24) is 34.2 Å². The molecule has 1 saturated carbocycles. The molecule has 1 amide bonds. The second-order valence-electron chi connectivity index (χ2n) is 11.2. The number of nitrogens with zero attached hydrogens (tertiary/aromatic N) is 7. The average molecular weight is 673 g/mol. The zero-order chi connectivity index (χ0) is 31.5. The van der Waals surface area contributed by atoms with Gasteiger partial charge in [-0.1, -0.05) is 15.9 Å². The first kappa shape index (κ1) is 29.9. The molecule has 2 N–H and O–H groups in total. The topological polar surface area (TPSA) is 134 Å². The first-order valence-corrected chi connectivity index (χ1v) is 14.7. The molecule has 44 heavy (non-hydrogen) atoms. The monoisotopic (exact) mass is 672 g/mol. The Balaban J connectivity index is 1.39. The van der Waals surface area contributed by atoms with E-state index in [1.54, 1.807) is 20.8 Å². The van der Waals surface area contributed by atoms with Crippen LogP contribution >= 0.6 is 15.9 Å². The number of alkyl halides is 3. The number of benzene rings is 1. The minimum Gasteiger partial charge on any atom is -0.487 e. The summed E-state index contributed by atoms with van der Waals surface area (Å²) >= 11 is 2.92. The summed E-state index contributed by atoms with van der Waals surface area (Å²) in [6.45, 7) is 5.25. The van der Waals surface area contributed by atoms with Gasteiger partial charge in [-0.2, -0.15) is 18.3 Å². The van der Waals surface area contributed by atoms with Gasteiger partial charge in [-0.05, 0) is 64.3 Å². The van der Waals surface area contributed by atoms with Crippen LogP contribution in [0.3, 0.4) is 0 Å². The van der Waals surface area contributed by atoms with Crippen molar-refractivity contribution in [3.8, 4) is 17.6 Å². The Hall–Kier alpha value is -4.11. The van der Waals surface area contributed by atoms with E-state index in [-0.39, 0.29) is 47.0 Å². The molecule has 1 aliphatic heterocycles. The largest absolute Gasteiger partial charge is 0.487 e. The molecule has 11 nitrogen and oxygen atoms in total. The molecular weight excluding hydrogens is 645 g/mol. The van der Waals surface area contributed by atoms with Gasteiger partial charge in [0.05, 0.1) is 35.9 Å². The number of halogens is 4. The fraction of sp³-hybridized carbons (Fsp3) is 0.379. The van der Waals surface area contributed by atoms with E-state index < -0.39 is 29.2 Å². The lowest BCUT2D eigenvalue weighted by Crippen LogP contribution is -2.46. The Morgan fingerprint density at radius 2 is 1.84 bits per heavy atom. The van der Waals surface area contributed by atoms with E-state index in [4.69, 9.17) is 15.5 Å². The Bertz CT molecular complexity index is 1820. The Morgan fingerprint density at radius 1 is 1.14 bits per heavy atom. The summed E-state index contributed by atoms with van der Waals surface area (Å²) < 4.78 is 49.1. The predicted octanol–water partition coefficient (Wildman–Crippen LogP) is 4.06. The molecule has 2 aliphatic rings. The fourth-order valence-corrected chi connectivity index (χ4v) is 5.97. The number of amides is 1. The molecular formula is C29H28BrF3N8O3. The van der Waals surface area contributed by atoms with Crippen LogP contribution in [0.15, 0.2) is 45.9 Å². The molecule has 1 aliphatic carbocycles. The van der Waals surface area contributed by atoms with Crippen molar-refractivity contribution in [2.75, 3.05) is 0 Å². The summed E-state index contributed by atoms with van der Waals surface area (Å²) in [6, 6.07) is 4.78. The van der Waals surface area contributed by atoms with Gasteiger partial charge in [0.1, 0.15) is 6.10 Å². The molecule has 6 rings (SSSR count). The van der Waals surface area contributed by atoms with Crippen LogP contribution in [-0.2, 0) is 19.1 Å². The maximum Gasteiger partial charge on any atom is 0.417 e. The quantitative estimate of drug-likeness (QED) is 0.336. The van der Waals surface area contributed by atoms with Crippen LogP contribution < -0.4 is 16.0 Å². The number of hydrogen-bond donors (Lipinski definition) is 1. The number of carbonyl (C=O) groups is 1. The third-order valence-electron chi connectivity index (χ3n) is 7.82. The lowest BCUT2D eigenvalue weighted by molar-refractivity contribution is -0.138. The summed E-state index contributed by atoms with van der Waals surface area (Å²) in [7, 11) is 0. The minimum atomic E-state index is -4.65. The van der Waals surface area contributed by atoms with E-state index in [0.29, 0.717) is 28.4 Å². The predicted molar refractivity (Wildman–Crippen MR) is 156 cm³/mol. The van der Waals surface area contributed by atoms with Crippen LogP contribution in [0.25, 0.3) is 11.9 Å². The number of fused-ring (bicyclic) bond motifs is 1. The summed E-state index contributed by atoms with van der Waals surface area (Å²) in [4.78, 5) is 42.6. The number of aromatic nitrogens is 6. The second-order valence-corrected chi connectivity index (χ2v) is 12.0. The molecule has 1 atom stereocenters. The maximum absolute atomic E-state index is 14.1. The van der Waals surface area contributed by atoms with Gasteiger partial charge in [0, 0.05) is 33.4 Å². The van der Waals surface area contributed by atoms with E-state index in [1.807, 2.05) is 6.07 Å². The Kier molecular flexibility index (Phi) is 7.56. The molecule has 230 valence electrons. The summed E-state index contributed by atoms with van der Waals surface area (Å²) in [5.74, 6) is 0.0157. The number of carbonyl (C=O) groups excluding carboxylic acids is 1. The highest BCUT2D eigenvalue weighted by Gasteiger charge is 2.36. The highest BCUT2D eigenvalue weighted by molar-refractivity contribution is 9.10. The number of nitrogens with two attached hydrogens (primary N) is 1. The van der Waals surface area contributed by atoms with E-state index in [2.05, 4.69) is 31.0 Å². The summed E-state index contributed by atoms with van der Waals surface area (Å²) in [5, 5.41) is 4.51. The zero-order valence-corrected chi connectivity index (χ0v) is 25.6. The number of aryl methyl sites for hydroxylation is 2. The lowest BCUT2D eigenvalue weighted by atomic mass is 9.90. The number of ether oxygens (including phenoxy) is 1. The van der Waals surface area contributed by atoms with Gasteiger partial charge >= 0.3 is 6.18 Å². The molecule has 0 radical (unpaired) electrons. The van der Waals surface area contributed by atoms with Gasteiger partial charge < -0.3 is 15.4 Å². The molecule has 1 aromatic carbocycles. The van der Waals surface area contributed by atoms with Gasteiger partial charge in [0.25, 0.3) is 11.5 Å². The van der Waals surface area contributed by atoms with Crippen molar-refractivity contribution in [2.45, 2.75) is 70.9 Å². The molecule has 1 fully saturated rings. The van der Waals surface area contributed by atoms with E-state index in [1.165, 1.54) is 38.7 Å². The van der Waals surface area contributed by atoms with Crippen LogP contribution in [0.2, 0.25) is 0 Å². The third-order valence-corrected chi connectivity index (χ3v) is 8.51. The average Bonchev–Trinajstić information content (AvgIpc) is 3.29. The van der Waals surface area contributed by atoms with E-state index in [0.717, 1.165) is 18.9 Å². The number of rotatable bonds is 5. The van der Waals surface area contributed by atoms with E-state index in [9.17, 15) is 22.8 Å². The van der Waals surface area contributed by atoms with Crippen LogP contribution in [-0.4, -0.2) is 58.3 Å². The van der Waals surface area contributed by atoms with Crippen molar-refractivity contribution in [3.05, 3.63) is 85.3 Å². The molecule has 4 heterocycles. The molecule has 4 aromatic rings. The Labute approximate surface area is 258 Å².